The first-order chi connectivity index (χ1) is 8.46. The normalized spacial score (nSPS) is 11.3. The fourth-order valence-electron chi connectivity index (χ4n) is 1.46. The summed E-state index contributed by atoms with van der Waals surface area (Å²) >= 11 is 0. The Morgan fingerprint density at radius 3 is 2.50 bits per heavy atom. The maximum Gasteiger partial charge on any atom is 0.163 e. The molecule has 1 aromatic rings. The van der Waals surface area contributed by atoms with Gasteiger partial charge in [-0.2, -0.15) is 0 Å². The van der Waals surface area contributed by atoms with Gasteiger partial charge in [0, 0.05) is 0 Å². The van der Waals surface area contributed by atoms with Gasteiger partial charge in [-0.15, -0.1) is 0 Å². The summed E-state index contributed by atoms with van der Waals surface area (Å²) in [6.07, 6.45) is 0.955. The maximum atomic E-state index is 11.4. The maximum absolute atomic E-state index is 11.4. The SMILES string of the molecule is CCC(C)(C)OCCOc1ccccc1C(C)=O. The number of ketones is 1. The second-order valence-corrected chi connectivity index (χ2v) is 4.86. The van der Waals surface area contributed by atoms with Gasteiger partial charge in [0.05, 0.1) is 17.8 Å². The Kier molecular flexibility index (Phi) is 5.35. The van der Waals surface area contributed by atoms with Crippen LogP contribution in [0, 0.1) is 0 Å². The van der Waals surface area contributed by atoms with Crippen LogP contribution in [0.1, 0.15) is 44.5 Å². The molecule has 0 saturated carbocycles. The molecule has 0 aliphatic carbocycles. The predicted octanol–water partition coefficient (Wildman–Crippen LogP) is 3.47. The summed E-state index contributed by atoms with van der Waals surface area (Å²) in [6, 6.07) is 7.27. The average molecular weight is 250 g/mol. The van der Waals surface area contributed by atoms with Crippen LogP contribution in [0.2, 0.25) is 0 Å². The third-order valence-electron chi connectivity index (χ3n) is 2.95. The van der Waals surface area contributed by atoms with Crippen molar-refractivity contribution in [2.75, 3.05) is 13.2 Å². The number of hydrogen-bond donors (Lipinski definition) is 0. The molecule has 0 saturated heterocycles. The van der Waals surface area contributed by atoms with Crippen molar-refractivity contribution in [1.82, 2.24) is 0 Å². The van der Waals surface area contributed by atoms with Crippen molar-refractivity contribution >= 4 is 5.78 Å². The third kappa shape index (κ3) is 4.49. The molecule has 0 aromatic heterocycles. The minimum absolute atomic E-state index is 0.0143. The van der Waals surface area contributed by atoms with E-state index in [1.165, 1.54) is 0 Å². The number of carbonyl (C=O) groups excluding carboxylic acids is 1. The molecule has 0 N–H and O–H groups in total. The van der Waals surface area contributed by atoms with Crippen molar-refractivity contribution in [1.29, 1.82) is 0 Å². The van der Waals surface area contributed by atoms with Crippen molar-refractivity contribution in [2.45, 2.75) is 39.7 Å². The van der Waals surface area contributed by atoms with Crippen LogP contribution in [0.5, 0.6) is 5.75 Å². The minimum Gasteiger partial charge on any atom is -0.490 e. The lowest BCUT2D eigenvalue weighted by Gasteiger charge is -2.23. The van der Waals surface area contributed by atoms with Crippen LogP contribution < -0.4 is 4.74 Å². The lowest BCUT2D eigenvalue weighted by Crippen LogP contribution is -2.25. The van der Waals surface area contributed by atoms with Crippen LogP contribution >= 0.6 is 0 Å². The molecule has 0 heterocycles. The minimum atomic E-state index is -0.122. The van der Waals surface area contributed by atoms with Gasteiger partial charge in [-0.05, 0) is 39.3 Å². The highest BCUT2D eigenvalue weighted by atomic mass is 16.5. The molecule has 0 radical (unpaired) electrons. The molecule has 0 unspecified atom stereocenters. The van der Waals surface area contributed by atoms with Crippen molar-refractivity contribution in [3.05, 3.63) is 29.8 Å². The molecule has 1 aromatic carbocycles. The largest absolute Gasteiger partial charge is 0.490 e. The summed E-state index contributed by atoms with van der Waals surface area (Å²) in [7, 11) is 0. The number of Topliss-reactive ketones (excluding diaryl/α,β-unsaturated/α-hetero) is 1. The zero-order chi connectivity index (χ0) is 13.6. The first-order valence-corrected chi connectivity index (χ1v) is 6.33. The van der Waals surface area contributed by atoms with Gasteiger partial charge in [0.1, 0.15) is 12.4 Å². The van der Waals surface area contributed by atoms with Crippen LogP contribution in [0.15, 0.2) is 24.3 Å². The van der Waals surface area contributed by atoms with Crippen LogP contribution in [0.4, 0.5) is 0 Å². The molecular weight excluding hydrogens is 228 g/mol. The lowest BCUT2D eigenvalue weighted by atomic mass is 10.1. The van der Waals surface area contributed by atoms with Gasteiger partial charge in [-0.25, -0.2) is 0 Å². The van der Waals surface area contributed by atoms with E-state index in [1.807, 2.05) is 18.2 Å². The molecule has 100 valence electrons. The molecule has 0 amide bonds. The lowest BCUT2D eigenvalue weighted by molar-refractivity contribution is -0.0317. The summed E-state index contributed by atoms with van der Waals surface area (Å²) in [6.45, 7) is 8.71. The summed E-state index contributed by atoms with van der Waals surface area (Å²) in [5.74, 6) is 0.642. The predicted molar refractivity (Wildman–Crippen MR) is 72.3 cm³/mol. The summed E-state index contributed by atoms with van der Waals surface area (Å²) in [5, 5.41) is 0. The number of benzene rings is 1. The smallest absolute Gasteiger partial charge is 0.163 e. The zero-order valence-corrected chi connectivity index (χ0v) is 11.7. The van der Waals surface area contributed by atoms with Gasteiger partial charge < -0.3 is 9.47 Å². The highest BCUT2D eigenvalue weighted by Crippen LogP contribution is 2.18. The van der Waals surface area contributed by atoms with E-state index in [4.69, 9.17) is 9.47 Å². The van der Waals surface area contributed by atoms with E-state index >= 15 is 0 Å². The van der Waals surface area contributed by atoms with E-state index in [9.17, 15) is 4.79 Å². The third-order valence-corrected chi connectivity index (χ3v) is 2.95. The van der Waals surface area contributed by atoms with E-state index in [0.717, 1.165) is 6.42 Å². The molecule has 0 bridgehead atoms. The first-order valence-electron chi connectivity index (χ1n) is 6.33. The number of hydrogen-bond acceptors (Lipinski definition) is 3. The fraction of sp³-hybridized carbons (Fsp3) is 0.533. The summed E-state index contributed by atoms with van der Waals surface area (Å²) in [4.78, 5) is 11.4. The van der Waals surface area contributed by atoms with Gasteiger partial charge in [0.15, 0.2) is 5.78 Å². The average Bonchev–Trinajstić information content (AvgIpc) is 2.35. The van der Waals surface area contributed by atoms with Crippen molar-refractivity contribution < 1.29 is 14.3 Å². The Morgan fingerprint density at radius 2 is 1.89 bits per heavy atom. The van der Waals surface area contributed by atoms with E-state index in [-0.39, 0.29) is 11.4 Å². The highest BCUT2D eigenvalue weighted by Gasteiger charge is 2.15. The Labute approximate surface area is 109 Å². The Hall–Kier alpha value is -1.35. The van der Waals surface area contributed by atoms with E-state index in [1.54, 1.807) is 13.0 Å². The molecule has 0 aliphatic heterocycles. The second-order valence-electron chi connectivity index (χ2n) is 4.86. The van der Waals surface area contributed by atoms with E-state index in [2.05, 4.69) is 20.8 Å². The quantitative estimate of drug-likeness (QED) is 0.549. The molecule has 1 rings (SSSR count). The fourth-order valence-corrected chi connectivity index (χ4v) is 1.46. The second kappa shape index (κ2) is 6.55. The van der Waals surface area contributed by atoms with Crippen LogP contribution in [0.3, 0.4) is 0 Å². The van der Waals surface area contributed by atoms with Crippen LogP contribution in [-0.2, 0) is 4.74 Å². The van der Waals surface area contributed by atoms with Crippen molar-refractivity contribution in [3.63, 3.8) is 0 Å². The van der Waals surface area contributed by atoms with Crippen LogP contribution in [0.25, 0.3) is 0 Å². The number of carbonyl (C=O) groups is 1. The molecule has 0 aliphatic rings. The Morgan fingerprint density at radius 1 is 1.22 bits per heavy atom. The molecular formula is C15H22O3. The van der Waals surface area contributed by atoms with Crippen LogP contribution in [-0.4, -0.2) is 24.6 Å². The molecule has 0 fully saturated rings. The zero-order valence-electron chi connectivity index (χ0n) is 11.7. The number of rotatable bonds is 7. The number of para-hydroxylation sites is 1. The van der Waals surface area contributed by atoms with Gasteiger partial charge in [0.25, 0.3) is 0 Å². The topological polar surface area (TPSA) is 35.5 Å². The monoisotopic (exact) mass is 250 g/mol. The molecule has 0 spiro atoms. The number of ether oxygens (including phenoxy) is 2. The van der Waals surface area contributed by atoms with E-state index in [0.29, 0.717) is 24.5 Å². The Balaban J connectivity index is 2.47. The molecule has 3 heteroatoms. The highest BCUT2D eigenvalue weighted by molar-refractivity contribution is 5.96. The van der Waals surface area contributed by atoms with Crippen molar-refractivity contribution in [3.8, 4) is 5.75 Å². The van der Waals surface area contributed by atoms with Gasteiger partial charge in [0.2, 0.25) is 0 Å². The molecule has 18 heavy (non-hydrogen) atoms. The Bertz CT molecular complexity index is 396. The van der Waals surface area contributed by atoms with Crippen molar-refractivity contribution in [2.24, 2.45) is 0 Å². The first kappa shape index (κ1) is 14.7. The van der Waals surface area contributed by atoms with Gasteiger partial charge in [-0.1, -0.05) is 19.1 Å². The van der Waals surface area contributed by atoms with Gasteiger partial charge >= 0.3 is 0 Å². The summed E-state index contributed by atoms with van der Waals surface area (Å²) in [5.41, 5.74) is 0.496. The standard InChI is InChI=1S/C15H22O3/c1-5-15(3,4)18-11-10-17-14-9-7-6-8-13(14)12(2)16/h6-9H,5,10-11H2,1-4H3. The summed E-state index contributed by atoms with van der Waals surface area (Å²) < 4.78 is 11.3. The molecule has 0 atom stereocenters. The van der Waals surface area contributed by atoms with E-state index < -0.39 is 0 Å². The van der Waals surface area contributed by atoms with Gasteiger partial charge in [-0.3, -0.25) is 4.79 Å². The molecule has 3 nitrogen and oxygen atoms in total.